The molecule has 1 unspecified atom stereocenters. The number of hydrogen-bond acceptors (Lipinski definition) is 5. The molecule has 0 spiro atoms. The first-order valence-electron chi connectivity index (χ1n) is 5.19. The smallest absolute Gasteiger partial charge is 0.258 e. The standard InChI is InChI=1S/C10H17N3O2/c1-9(2,11)7-12-8(15-13-7)10(3)5-4-6-14-10/h4-6,11H2,1-3H3. The first-order chi connectivity index (χ1) is 6.92. The summed E-state index contributed by atoms with van der Waals surface area (Å²) >= 11 is 0. The van der Waals surface area contributed by atoms with Crippen molar-refractivity contribution in [3.8, 4) is 0 Å². The topological polar surface area (TPSA) is 74.2 Å². The molecule has 0 bridgehead atoms. The van der Waals surface area contributed by atoms with Gasteiger partial charge in [0.1, 0.15) is 5.60 Å². The molecular formula is C10H17N3O2. The fourth-order valence-corrected chi connectivity index (χ4v) is 1.65. The van der Waals surface area contributed by atoms with Crippen molar-refractivity contribution in [2.75, 3.05) is 6.61 Å². The highest BCUT2D eigenvalue weighted by molar-refractivity contribution is 5.04. The van der Waals surface area contributed by atoms with Gasteiger partial charge in [-0.1, -0.05) is 5.16 Å². The van der Waals surface area contributed by atoms with Crippen molar-refractivity contribution in [1.82, 2.24) is 10.1 Å². The van der Waals surface area contributed by atoms with E-state index in [-0.39, 0.29) is 0 Å². The van der Waals surface area contributed by atoms with E-state index >= 15 is 0 Å². The van der Waals surface area contributed by atoms with Gasteiger partial charge in [0.25, 0.3) is 5.89 Å². The molecule has 2 heterocycles. The summed E-state index contributed by atoms with van der Waals surface area (Å²) in [6, 6.07) is 0. The van der Waals surface area contributed by atoms with Crippen LogP contribution >= 0.6 is 0 Å². The molecule has 1 aliphatic rings. The molecule has 84 valence electrons. The third-order valence-electron chi connectivity index (χ3n) is 2.67. The lowest BCUT2D eigenvalue weighted by atomic mass is 10.0. The van der Waals surface area contributed by atoms with Crippen molar-refractivity contribution >= 4 is 0 Å². The van der Waals surface area contributed by atoms with Gasteiger partial charge in [0, 0.05) is 6.61 Å². The maximum atomic E-state index is 5.89. The molecule has 1 fully saturated rings. The highest BCUT2D eigenvalue weighted by atomic mass is 16.5. The van der Waals surface area contributed by atoms with E-state index in [1.165, 1.54) is 0 Å². The second-order valence-corrected chi connectivity index (χ2v) is 4.83. The van der Waals surface area contributed by atoms with Crippen molar-refractivity contribution in [2.24, 2.45) is 5.73 Å². The van der Waals surface area contributed by atoms with Crippen molar-refractivity contribution < 1.29 is 9.26 Å². The zero-order chi connectivity index (χ0) is 11.1. The summed E-state index contributed by atoms with van der Waals surface area (Å²) in [5.74, 6) is 1.06. The number of nitrogens with two attached hydrogens (primary N) is 1. The summed E-state index contributed by atoms with van der Waals surface area (Å²) in [7, 11) is 0. The second-order valence-electron chi connectivity index (χ2n) is 4.83. The van der Waals surface area contributed by atoms with Crippen LogP contribution in [-0.2, 0) is 15.9 Å². The molecule has 1 aromatic rings. The molecule has 5 nitrogen and oxygen atoms in total. The molecular weight excluding hydrogens is 194 g/mol. The fraction of sp³-hybridized carbons (Fsp3) is 0.800. The Morgan fingerprint density at radius 1 is 1.47 bits per heavy atom. The first kappa shape index (κ1) is 10.6. The Morgan fingerprint density at radius 3 is 2.67 bits per heavy atom. The molecule has 0 aliphatic carbocycles. The minimum atomic E-state index is -0.573. The van der Waals surface area contributed by atoms with Gasteiger partial charge in [0.05, 0.1) is 5.54 Å². The van der Waals surface area contributed by atoms with Gasteiger partial charge in [-0.2, -0.15) is 4.98 Å². The lowest BCUT2D eigenvalue weighted by molar-refractivity contribution is -0.00937. The minimum Gasteiger partial charge on any atom is -0.365 e. The van der Waals surface area contributed by atoms with Gasteiger partial charge in [-0.05, 0) is 33.6 Å². The Bertz CT molecular complexity index is 348. The van der Waals surface area contributed by atoms with Crippen LogP contribution in [0.5, 0.6) is 0 Å². The molecule has 2 rings (SSSR count). The van der Waals surface area contributed by atoms with Crippen molar-refractivity contribution in [3.05, 3.63) is 11.7 Å². The zero-order valence-corrected chi connectivity index (χ0v) is 9.41. The zero-order valence-electron chi connectivity index (χ0n) is 9.41. The fourth-order valence-electron chi connectivity index (χ4n) is 1.65. The Labute approximate surface area is 89.0 Å². The van der Waals surface area contributed by atoms with Gasteiger partial charge in [-0.3, -0.25) is 0 Å². The average Bonchev–Trinajstić information content (AvgIpc) is 2.69. The van der Waals surface area contributed by atoms with E-state index < -0.39 is 11.1 Å². The van der Waals surface area contributed by atoms with Gasteiger partial charge in [-0.25, -0.2) is 0 Å². The molecule has 2 N–H and O–H groups in total. The van der Waals surface area contributed by atoms with Gasteiger partial charge >= 0.3 is 0 Å². The number of nitrogens with zero attached hydrogens (tertiary/aromatic N) is 2. The second kappa shape index (κ2) is 3.28. The third kappa shape index (κ3) is 1.89. The van der Waals surface area contributed by atoms with Gasteiger partial charge in [0.15, 0.2) is 5.82 Å². The summed E-state index contributed by atoms with van der Waals surface area (Å²) in [6.07, 6.45) is 1.94. The largest absolute Gasteiger partial charge is 0.365 e. The van der Waals surface area contributed by atoms with E-state index in [1.54, 1.807) is 0 Å². The van der Waals surface area contributed by atoms with E-state index in [0.717, 1.165) is 19.4 Å². The highest BCUT2D eigenvalue weighted by Crippen LogP contribution is 2.34. The van der Waals surface area contributed by atoms with Crippen molar-refractivity contribution in [3.63, 3.8) is 0 Å². The summed E-state index contributed by atoms with van der Waals surface area (Å²) in [5.41, 5.74) is 4.89. The lowest BCUT2D eigenvalue weighted by Gasteiger charge is -2.17. The maximum absolute atomic E-state index is 5.89. The summed E-state index contributed by atoms with van der Waals surface area (Å²) in [4.78, 5) is 4.31. The highest BCUT2D eigenvalue weighted by Gasteiger charge is 2.38. The SMILES string of the molecule is CC(C)(N)c1noc(C2(C)CCCO2)n1. The molecule has 0 aromatic carbocycles. The molecule has 1 atom stereocenters. The molecule has 0 saturated carbocycles. The van der Waals surface area contributed by atoms with E-state index in [2.05, 4.69) is 10.1 Å². The Hall–Kier alpha value is -0.940. The summed E-state index contributed by atoms with van der Waals surface area (Å²) < 4.78 is 10.8. The molecule has 0 amide bonds. The molecule has 5 heteroatoms. The van der Waals surface area contributed by atoms with E-state index in [1.807, 2.05) is 20.8 Å². The average molecular weight is 211 g/mol. The van der Waals surface area contributed by atoms with Gasteiger partial charge < -0.3 is 15.0 Å². The molecule has 1 aliphatic heterocycles. The predicted molar refractivity (Wildman–Crippen MR) is 54.0 cm³/mol. The summed E-state index contributed by atoms with van der Waals surface area (Å²) in [5, 5.41) is 3.89. The molecule has 15 heavy (non-hydrogen) atoms. The Kier molecular flexibility index (Phi) is 2.31. The number of rotatable bonds is 2. The van der Waals surface area contributed by atoms with Crippen LogP contribution in [0.4, 0.5) is 0 Å². The monoisotopic (exact) mass is 211 g/mol. The van der Waals surface area contributed by atoms with Crippen LogP contribution in [0, 0.1) is 0 Å². The molecule has 1 aromatic heterocycles. The molecule has 1 saturated heterocycles. The first-order valence-corrected chi connectivity index (χ1v) is 5.19. The molecule has 0 radical (unpaired) electrons. The lowest BCUT2D eigenvalue weighted by Crippen LogP contribution is -2.30. The van der Waals surface area contributed by atoms with Crippen LogP contribution in [0.1, 0.15) is 45.3 Å². The maximum Gasteiger partial charge on any atom is 0.258 e. The summed E-state index contributed by atoms with van der Waals surface area (Å²) in [6.45, 7) is 6.42. The van der Waals surface area contributed by atoms with Crippen molar-refractivity contribution in [2.45, 2.75) is 44.8 Å². The number of aromatic nitrogens is 2. The number of ether oxygens (including phenoxy) is 1. The third-order valence-corrected chi connectivity index (χ3v) is 2.67. The van der Waals surface area contributed by atoms with Crippen LogP contribution in [0.15, 0.2) is 4.52 Å². The minimum absolute atomic E-state index is 0.420. The quantitative estimate of drug-likeness (QED) is 0.797. The van der Waals surface area contributed by atoms with Gasteiger partial charge in [0.2, 0.25) is 0 Å². The normalized spacial score (nSPS) is 27.2. The van der Waals surface area contributed by atoms with Crippen LogP contribution < -0.4 is 5.73 Å². The van der Waals surface area contributed by atoms with Crippen LogP contribution in [-0.4, -0.2) is 16.7 Å². The Morgan fingerprint density at radius 2 is 2.20 bits per heavy atom. The van der Waals surface area contributed by atoms with Gasteiger partial charge in [-0.15, -0.1) is 0 Å². The number of hydrogen-bond donors (Lipinski definition) is 1. The van der Waals surface area contributed by atoms with E-state index in [4.69, 9.17) is 15.0 Å². The predicted octanol–water partition coefficient (Wildman–Crippen LogP) is 1.29. The van der Waals surface area contributed by atoms with Crippen molar-refractivity contribution in [1.29, 1.82) is 0 Å². The van der Waals surface area contributed by atoms with Crippen LogP contribution in [0.25, 0.3) is 0 Å². The van der Waals surface area contributed by atoms with Crippen LogP contribution in [0.2, 0.25) is 0 Å². The van der Waals surface area contributed by atoms with E-state index in [0.29, 0.717) is 11.7 Å². The van der Waals surface area contributed by atoms with E-state index in [9.17, 15) is 0 Å². The van der Waals surface area contributed by atoms with Crippen LogP contribution in [0.3, 0.4) is 0 Å². The Balaban J connectivity index is 2.27.